The van der Waals surface area contributed by atoms with E-state index in [0.29, 0.717) is 11.3 Å². The molecule has 1 aromatic carbocycles. The molecular formula is C20H25N3O5. The molecule has 150 valence electrons. The Balaban J connectivity index is 2.11. The van der Waals surface area contributed by atoms with Crippen LogP contribution in [-0.4, -0.2) is 39.9 Å². The van der Waals surface area contributed by atoms with Crippen LogP contribution in [0.2, 0.25) is 0 Å². The molecule has 0 radical (unpaired) electrons. The molecule has 3 rings (SSSR count). The summed E-state index contributed by atoms with van der Waals surface area (Å²) in [5, 5.41) is 23.9. The van der Waals surface area contributed by atoms with Gasteiger partial charge in [-0.05, 0) is 35.8 Å². The van der Waals surface area contributed by atoms with E-state index in [1.807, 2.05) is 19.9 Å². The van der Waals surface area contributed by atoms with Crippen LogP contribution in [0.15, 0.2) is 17.8 Å². The van der Waals surface area contributed by atoms with Crippen molar-refractivity contribution in [1.29, 1.82) is 0 Å². The summed E-state index contributed by atoms with van der Waals surface area (Å²) in [7, 11) is 0. The molecule has 0 fully saturated rings. The monoisotopic (exact) mass is 387 g/mol. The number of hydrogen-bond donors (Lipinski definition) is 2. The second-order valence-corrected chi connectivity index (χ2v) is 8.72. The minimum atomic E-state index is -0.554. The van der Waals surface area contributed by atoms with Crippen LogP contribution in [0.1, 0.15) is 50.8 Å². The van der Waals surface area contributed by atoms with E-state index in [9.17, 15) is 19.7 Å². The first kappa shape index (κ1) is 20.0. The van der Waals surface area contributed by atoms with Crippen molar-refractivity contribution >= 4 is 23.2 Å². The Morgan fingerprint density at radius 3 is 2.46 bits per heavy atom. The zero-order chi connectivity index (χ0) is 21.0. The van der Waals surface area contributed by atoms with Gasteiger partial charge in [-0.2, -0.15) is 0 Å². The van der Waals surface area contributed by atoms with Gasteiger partial charge in [-0.25, -0.2) is 0 Å². The van der Waals surface area contributed by atoms with Gasteiger partial charge in [0.1, 0.15) is 5.70 Å². The number of nitro benzene ring substituents is 1. The van der Waals surface area contributed by atoms with Crippen molar-refractivity contribution in [2.45, 2.75) is 51.9 Å². The second kappa shape index (κ2) is 6.41. The number of benzene rings is 1. The lowest BCUT2D eigenvalue weighted by Gasteiger charge is -2.22. The maximum Gasteiger partial charge on any atom is 0.278 e. The van der Waals surface area contributed by atoms with E-state index in [1.54, 1.807) is 6.92 Å². The number of anilines is 1. The Morgan fingerprint density at radius 2 is 1.89 bits per heavy atom. The van der Waals surface area contributed by atoms with E-state index in [0.717, 1.165) is 28.5 Å². The van der Waals surface area contributed by atoms with Gasteiger partial charge in [0.05, 0.1) is 23.6 Å². The van der Waals surface area contributed by atoms with Crippen LogP contribution < -0.4 is 5.32 Å². The number of aliphatic hydroxyl groups is 1. The average Bonchev–Trinajstić information content (AvgIpc) is 2.92. The van der Waals surface area contributed by atoms with E-state index in [4.69, 9.17) is 5.11 Å². The third-order valence-electron chi connectivity index (χ3n) is 5.63. The van der Waals surface area contributed by atoms with Crippen molar-refractivity contribution < 1.29 is 19.6 Å². The molecule has 2 aliphatic rings. The number of β-amino-alcohol motifs (C(OH)–C–C–N with tert-alkyl or cyclic N) is 1. The fourth-order valence-corrected chi connectivity index (χ4v) is 4.69. The zero-order valence-corrected chi connectivity index (χ0v) is 16.8. The molecule has 0 saturated carbocycles. The van der Waals surface area contributed by atoms with Crippen molar-refractivity contribution in [2.24, 2.45) is 0 Å². The number of amides is 2. The zero-order valence-electron chi connectivity index (χ0n) is 16.8. The number of nitro groups is 1. The highest BCUT2D eigenvalue weighted by molar-refractivity contribution is 6.17. The second-order valence-electron chi connectivity index (χ2n) is 8.72. The number of carbonyl (C=O) groups is 2. The van der Waals surface area contributed by atoms with Crippen LogP contribution in [0.3, 0.4) is 0 Å². The number of aliphatic hydroxyl groups excluding tert-OH is 1. The summed E-state index contributed by atoms with van der Waals surface area (Å²) in [6, 6.07) is 1.86. The van der Waals surface area contributed by atoms with Gasteiger partial charge in [-0.1, -0.05) is 27.7 Å². The van der Waals surface area contributed by atoms with Crippen molar-refractivity contribution in [2.75, 3.05) is 18.5 Å². The van der Waals surface area contributed by atoms with Crippen LogP contribution >= 0.6 is 0 Å². The van der Waals surface area contributed by atoms with Gasteiger partial charge in [0.15, 0.2) is 0 Å². The summed E-state index contributed by atoms with van der Waals surface area (Å²) in [6.07, 6.45) is 1.93. The molecule has 2 amide bonds. The lowest BCUT2D eigenvalue weighted by Crippen LogP contribution is -2.34. The first-order chi connectivity index (χ1) is 12.9. The average molecular weight is 387 g/mol. The molecule has 1 aliphatic carbocycles. The van der Waals surface area contributed by atoms with Gasteiger partial charge in [-0.15, -0.1) is 0 Å². The van der Waals surface area contributed by atoms with Gasteiger partial charge in [0.25, 0.3) is 17.5 Å². The third-order valence-corrected chi connectivity index (χ3v) is 5.63. The fourth-order valence-electron chi connectivity index (χ4n) is 4.69. The molecule has 2 N–H and O–H groups in total. The maximum absolute atomic E-state index is 12.4. The normalized spacial score (nSPS) is 19.6. The molecule has 1 aliphatic heterocycles. The van der Waals surface area contributed by atoms with Crippen molar-refractivity contribution in [1.82, 2.24) is 4.90 Å². The van der Waals surface area contributed by atoms with Crippen molar-refractivity contribution in [3.8, 4) is 0 Å². The summed E-state index contributed by atoms with van der Waals surface area (Å²) in [6.45, 7) is 9.35. The number of nitrogens with one attached hydrogen (secondary N) is 1. The maximum atomic E-state index is 12.4. The summed E-state index contributed by atoms with van der Waals surface area (Å²) in [5.74, 6) is -1.07. The summed E-state index contributed by atoms with van der Waals surface area (Å²) in [5.41, 5.74) is 1.97. The van der Waals surface area contributed by atoms with E-state index in [2.05, 4.69) is 19.2 Å². The van der Waals surface area contributed by atoms with Crippen LogP contribution in [0.25, 0.3) is 0 Å². The quantitative estimate of drug-likeness (QED) is 0.456. The molecule has 0 atom stereocenters. The van der Waals surface area contributed by atoms with Crippen molar-refractivity contribution in [3.05, 3.63) is 44.6 Å². The van der Waals surface area contributed by atoms with Gasteiger partial charge in [0, 0.05) is 17.3 Å². The Bertz CT molecular complexity index is 930. The fraction of sp³-hybridized carbons (Fsp3) is 0.500. The molecule has 1 aromatic rings. The molecule has 0 unspecified atom stereocenters. The molecule has 8 nitrogen and oxygen atoms in total. The Hall–Kier alpha value is -2.74. The molecule has 28 heavy (non-hydrogen) atoms. The summed E-state index contributed by atoms with van der Waals surface area (Å²) >= 11 is 0. The summed E-state index contributed by atoms with van der Waals surface area (Å²) in [4.78, 5) is 36.9. The Labute approximate surface area is 163 Å². The lowest BCUT2D eigenvalue weighted by atomic mass is 9.81. The van der Waals surface area contributed by atoms with Crippen LogP contribution in [-0.2, 0) is 20.4 Å². The number of imide groups is 1. The van der Waals surface area contributed by atoms with Crippen molar-refractivity contribution in [3.63, 3.8) is 0 Å². The van der Waals surface area contributed by atoms with Gasteiger partial charge < -0.3 is 10.4 Å². The summed E-state index contributed by atoms with van der Waals surface area (Å²) < 4.78 is 0. The Morgan fingerprint density at radius 1 is 1.25 bits per heavy atom. The first-order valence-corrected chi connectivity index (χ1v) is 9.19. The highest BCUT2D eigenvalue weighted by atomic mass is 16.6. The van der Waals surface area contributed by atoms with E-state index in [1.165, 1.54) is 0 Å². The molecule has 0 aromatic heterocycles. The standard InChI is InChI=1S/C20H25N3O5/c1-11-13(21-14-9-15(25)22(6-7-24)18(14)26)8-12-16(17(11)23(27)28)20(4,5)10-19(12,2)3/h8-9,21,24H,6-7,10H2,1-5H3. The number of rotatable bonds is 5. The van der Waals surface area contributed by atoms with Gasteiger partial charge in [0.2, 0.25) is 0 Å². The van der Waals surface area contributed by atoms with Gasteiger partial charge >= 0.3 is 0 Å². The highest BCUT2D eigenvalue weighted by Gasteiger charge is 2.47. The minimum Gasteiger partial charge on any atom is -0.395 e. The smallest absolute Gasteiger partial charge is 0.278 e. The Kier molecular flexibility index (Phi) is 4.58. The van der Waals surface area contributed by atoms with Gasteiger partial charge in [-0.3, -0.25) is 24.6 Å². The lowest BCUT2D eigenvalue weighted by molar-refractivity contribution is -0.386. The number of fused-ring (bicyclic) bond motifs is 1. The van der Waals surface area contributed by atoms with E-state index in [-0.39, 0.29) is 40.3 Å². The topological polar surface area (TPSA) is 113 Å². The highest BCUT2D eigenvalue weighted by Crippen LogP contribution is 2.54. The molecule has 0 spiro atoms. The van der Waals surface area contributed by atoms with E-state index < -0.39 is 11.8 Å². The first-order valence-electron chi connectivity index (χ1n) is 9.19. The number of carbonyl (C=O) groups excluding carboxylic acids is 2. The van der Waals surface area contributed by atoms with Crippen LogP contribution in [0.4, 0.5) is 11.4 Å². The molecular weight excluding hydrogens is 362 g/mol. The van der Waals surface area contributed by atoms with Crippen LogP contribution in [0, 0.1) is 17.0 Å². The van der Waals surface area contributed by atoms with E-state index >= 15 is 0 Å². The van der Waals surface area contributed by atoms with Crippen LogP contribution in [0.5, 0.6) is 0 Å². The largest absolute Gasteiger partial charge is 0.395 e. The molecule has 0 bridgehead atoms. The molecule has 8 heteroatoms. The molecule has 0 saturated heterocycles. The minimum absolute atomic E-state index is 0.0471. The number of hydrogen-bond acceptors (Lipinski definition) is 6. The SMILES string of the molecule is Cc1c(NC2=CC(=O)N(CCO)C2=O)cc2c(c1[N+](=O)[O-])C(C)(C)CC2(C)C. The third kappa shape index (κ3) is 2.97. The number of nitrogens with zero attached hydrogens (tertiary/aromatic N) is 2. The predicted octanol–water partition coefficient (Wildman–Crippen LogP) is 2.52. The predicted molar refractivity (Wildman–Crippen MR) is 104 cm³/mol. The molecule has 1 heterocycles.